The molecule has 58 valence electrons. The molecular weight excluding hydrogens is 148 g/mol. The van der Waals surface area contributed by atoms with E-state index in [1.165, 1.54) is 0 Å². The van der Waals surface area contributed by atoms with Crippen LogP contribution in [0.3, 0.4) is 0 Å². The van der Waals surface area contributed by atoms with Gasteiger partial charge in [-0.1, -0.05) is 24.3 Å². The van der Waals surface area contributed by atoms with Gasteiger partial charge in [0.2, 0.25) is 0 Å². The Hall–Kier alpha value is -0.960. The second-order valence-corrected chi connectivity index (χ2v) is 2.52. The number of alkyl halides is 2. The van der Waals surface area contributed by atoms with E-state index in [4.69, 9.17) is 0 Å². The number of rotatable bonds is 0. The van der Waals surface area contributed by atoms with Crippen LogP contribution in [0.15, 0.2) is 24.3 Å². The van der Waals surface area contributed by atoms with Crippen LogP contribution in [-0.2, 0) is 0 Å². The van der Waals surface area contributed by atoms with Crippen molar-refractivity contribution in [3.05, 3.63) is 35.4 Å². The third-order valence-corrected chi connectivity index (χ3v) is 1.83. The molecule has 3 heteroatoms. The van der Waals surface area contributed by atoms with Gasteiger partial charge in [-0.05, 0) is 0 Å². The van der Waals surface area contributed by atoms with Crippen LogP contribution in [0.4, 0.5) is 8.78 Å². The zero-order valence-corrected chi connectivity index (χ0v) is 5.72. The van der Waals surface area contributed by atoms with Gasteiger partial charge in [-0.15, -0.1) is 0 Å². The van der Waals surface area contributed by atoms with Gasteiger partial charge in [0.05, 0.1) is 0 Å². The Morgan fingerprint density at radius 2 is 1.45 bits per heavy atom. The van der Waals surface area contributed by atoms with E-state index < -0.39 is 12.6 Å². The SMILES string of the molecule is FC1NC(F)c2ccccc21. The number of nitrogens with one attached hydrogen (secondary N) is 1. The summed E-state index contributed by atoms with van der Waals surface area (Å²) in [6, 6.07) is 6.58. The maximum atomic E-state index is 12.8. The van der Waals surface area contributed by atoms with Gasteiger partial charge in [0.1, 0.15) is 0 Å². The molecule has 0 aliphatic carbocycles. The van der Waals surface area contributed by atoms with E-state index >= 15 is 0 Å². The summed E-state index contributed by atoms with van der Waals surface area (Å²) in [5, 5.41) is 2.15. The molecule has 1 N–H and O–H groups in total. The lowest BCUT2D eigenvalue weighted by molar-refractivity contribution is 0.205. The maximum absolute atomic E-state index is 12.8. The normalized spacial score (nSPS) is 28.5. The van der Waals surface area contributed by atoms with Crippen LogP contribution < -0.4 is 5.32 Å². The van der Waals surface area contributed by atoms with Crippen molar-refractivity contribution in [2.75, 3.05) is 0 Å². The smallest absolute Gasteiger partial charge is 0.179 e. The van der Waals surface area contributed by atoms with E-state index in [-0.39, 0.29) is 0 Å². The standard InChI is InChI=1S/C8H7F2N/c9-7-5-3-1-2-4-6(5)8(10)11-7/h1-4,7-8,11H. The Balaban J connectivity index is 2.52. The van der Waals surface area contributed by atoms with Crippen molar-refractivity contribution in [3.8, 4) is 0 Å². The number of hydrogen-bond donors (Lipinski definition) is 1. The Bertz CT molecular complexity index is 248. The average molecular weight is 155 g/mol. The highest BCUT2D eigenvalue weighted by atomic mass is 19.2. The van der Waals surface area contributed by atoms with E-state index in [2.05, 4.69) is 5.32 Å². The van der Waals surface area contributed by atoms with Crippen molar-refractivity contribution in [3.63, 3.8) is 0 Å². The van der Waals surface area contributed by atoms with Gasteiger partial charge >= 0.3 is 0 Å². The van der Waals surface area contributed by atoms with Gasteiger partial charge in [-0.2, -0.15) is 0 Å². The summed E-state index contributed by atoms with van der Waals surface area (Å²) in [6.07, 6.45) is -2.69. The molecule has 0 saturated heterocycles. The monoisotopic (exact) mass is 155 g/mol. The highest BCUT2D eigenvalue weighted by Crippen LogP contribution is 2.33. The van der Waals surface area contributed by atoms with Crippen molar-refractivity contribution in [2.45, 2.75) is 12.6 Å². The molecule has 0 fully saturated rings. The van der Waals surface area contributed by atoms with Crippen molar-refractivity contribution >= 4 is 0 Å². The fraction of sp³-hybridized carbons (Fsp3) is 0.250. The largest absolute Gasteiger partial charge is 0.250 e. The molecule has 2 atom stereocenters. The van der Waals surface area contributed by atoms with E-state index in [1.54, 1.807) is 24.3 Å². The second kappa shape index (κ2) is 2.27. The summed E-state index contributed by atoms with van der Waals surface area (Å²) in [7, 11) is 0. The molecule has 1 aliphatic rings. The number of hydrogen-bond acceptors (Lipinski definition) is 1. The molecule has 2 rings (SSSR count). The Labute approximate surface area is 63.0 Å². The van der Waals surface area contributed by atoms with Crippen LogP contribution in [0.1, 0.15) is 23.7 Å². The molecule has 1 heterocycles. The molecule has 0 radical (unpaired) electrons. The van der Waals surface area contributed by atoms with Gasteiger partial charge < -0.3 is 0 Å². The highest BCUT2D eigenvalue weighted by molar-refractivity contribution is 5.34. The van der Waals surface area contributed by atoms with Crippen LogP contribution in [0, 0.1) is 0 Å². The van der Waals surface area contributed by atoms with Crippen molar-refractivity contribution in [1.82, 2.24) is 5.32 Å². The third-order valence-electron chi connectivity index (χ3n) is 1.83. The van der Waals surface area contributed by atoms with E-state index in [0.717, 1.165) is 0 Å². The predicted molar refractivity (Wildman–Crippen MR) is 37.3 cm³/mol. The first-order valence-corrected chi connectivity index (χ1v) is 3.42. The summed E-state index contributed by atoms with van der Waals surface area (Å²) in [6.45, 7) is 0. The molecule has 1 aliphatic heterocycles. The van der Waals surface area contributed by atoms with Crippen molar-refractivity contribution in [1.29, 1.82) is 0 Å². The van der Waals surface area contributed by atoms with Crippen molar-refractivity contribution < 1.29 is 8.78 Å². The molecular formula is C8H7F2N. The minimum Gasteiger partial charge on any atom is -0.250 e. The summed E-state index contributed by atoms with van der Waals surface area (Å²) < 4.78 is 25.6. The molecule has 0 bridgehead atoms. The molecule has 1 aromatic rings. The first kappa shape index (κ1) is 6.73. The van der Waals surface area contributed by atoms with Crippen molar-refractivity contribution in [2.24, 2.45) is 0 Å². The molecule has 0 aromatic heterocycles. The summed E-state index contributed by atoms with van der Waals surface area (Å²) in [5.74, 6) is 0. The highest BCUT2D eigenvalue weighted by Gasteiger charge is 2.28. The van der Waals surface area contributed by atoms with Crippen LogP contribution in [-0.4, -0.2) is 0 Å². The Kier molecular flexibility index (Phi) is 1.39. The Morgan fingerprint density at radius 1 is 1.00 bits per heavy atom. The lowest BCUT2D eigenvalue weighted by atomic mass is 10.1. The topological polar surface area (TPSA) is 12.0 Å². The lowest BCUT2D eigenvalue weighted by Crippen LogP contribution is -2.09. The minimum atomic E-state index is -1.35. The minimum absolute atomic E-state index is 0.417. The fourth-order valence-corrected chi connectivity index (χ4v) is 1.28. The predicted octanol–water partition coefficient (Wildman–Crippen LogP) is 2.23. The van der Waals surface area contributed by atoms with Gasteiger partial charge in [0.25, 0.3) is 0 Å². The molecule has 1 nitrogen and oxygen atoms in total. The van der Waals surface area contributed by atoms with Crippen LogP contribution in [0.25, 0.3) is 0 Å². The summed E-state index contributed by atoms with van der Waals surface area (Å²) >= 11 is 0. The van der Waals surface area contributed by atoms with Crippen LogP contribution in [0.5, 0.6) is 0 Å². The van der Waals surface area contributed by atoms with Gasteiger partial charge in [0.15, 0.2) is 12.6 Å². The van der Waals surface area contributed by atoms with E-state index in [9.17, 15) is 8.78 Å². The fourth-order valence-electron chi connectivity index (χ4n) is 1.28. The molecule has 11 heavy (non-hydrogen) atoms. The average Bonchev–Trinajstić information content (AvgIpc) is 2.30. The third kappa shape index (κ3) is 0.922. The first-order valence-electron chi connectivity index (χ1n) is 3.42. The molecule has 1 aromatic carbocycles. The molecule has 2 unspecified atom stereocenters. The van der Waals surface area contributed by atoms with Gasteiger partial charge in [0, 0.05) is 11.1 Å². The quantitative estimate of drug-likeness (QED) is 0.566. The second-order valence-electron chi connectivity index (χ2n) is 2.52. The molecule has 0 spiro atoms. The van der Waals surface area contributed by atoms with E-state index in [1.807, 2.05) is 0 Å². The lowest BCUT2D eigenvalue weighted by Gasteiger charge is -1.97. The first-order chi connectivity index (χ1) is 5.29. The number of fused-ring (bicyclic) bond motifs is 1. The summed E-state index contributed by atoms with van der Waals surface area (Å²) in [4.78, 5) is 0. The van der Waals surface area contributed by atoms with Gasteiger partial charge in [-0.3, -0.25) is 5.32 Å². The maximum Gasteiger partial charge on any atom is 0.179 e. The van der Waals surface area contributed by atoms with E-state index in [0.29, 0.717) is 11.1 Å². The zero-order chi connectivity index (χ0) is 7.84. The number of benzene rings is 1. The molecule has 0 amide bonds. The zero-order valence-electron chi connectivity index (χ0n) is 5.72. The Morgan fingerprint density at radius 3 is 1.91 bits per heavy atom. The number of halogens is 2. The van der Waals surface area contributed by atoms with Crippen LogP contribution >= 0.6 is 0 Å². The van der Waals surface area contributed by atoms with Gasteiger partial charge in [-0.25, -0.2) is 8.78 Å². The van der Waals surface area contributed by atoms with Crippen LogP contribution in [0.2, 0.25) is 0 Å². The summed E-state index contributed by atoms with van der Waals surface area (Å²) in [5.41, 5.74) is 0.833. The molecule has 0 saturated carbocycles.